The number of halogens is 1. The summed E-state index contributed by atoms with van der Waals surface area (Å²) in [6.07, 6.45) is -0.110. The Hall–Kier alpha value is 0.617. The van der Waals surface area contributed by atoms with Gasteiger partial charge in [0.1, 0.15) is 0 Å². The molecule has 0 saturated carbocycles. The highest BCUT2D eigenvalue weighted by molar-refractivity contribution is 9.09. The fourth-order valence-electron chi connectivity index (χ4n) is 0.648. The van der Waals surface area contributed by atoms with Gasteiger partial charge in [-0.05, 0) is 18.1 Å². The van der Waals surface area contributed by atoms with E-state index in [9.17, 15) is 0 Å². The molecule has 2 nitrogen and oxygen atoms in total. The Morgan fingerprint density at radius 1 is 1.31 bits per heavy atom. The molecule has 0 bridgehead atoms. The van der Waals surface area contributed by atoms with Crippen LogP contribution < -0.4 is 0 Å². The van der Waals surface area contributed by atoms with Crippen molar-refractivity contribution in [3.05, 3.63) is 0 Å². The fraction of sp³-hybridized carbons (Fsp3) is 1.00. The molecule has 0 aromatic heterocycles. The zero-order chi connectivity index (χ0) is 10.7. The second-order valence-electron chi connectivity index (χ2n) is 4.70. The van der Waals surface area contributed by atoms with Crippen LogP contribution in [0.3, 0.4) is 0 Å². The largest absolute Gasteiger partial charge is 0.392 e. The van der Waals surface area contributed by atoms with E-state index in [1.807, 2.05) is 0 Å². The Morgan fingerprint density at radius 2 is 1.77 bits per heavy atom. The van der Waals surface area contributed by atoms with Crippen LogP contribution in [0.25, 0.3) is 0 Å². The first kappa shape index (κ1) is 13.6. The zero-order valence-electron chi connectivity index (χ0n) is 9.48. The van der Waals surface area contributed by atoms with Crippen molar-refractivity contribution in [1.29, 1.82) is 0 Å². The van der Waals surface area contributed by atoms with Crippen LogP contribution >= 0.6 is 15.9 Å². The third kappa shape index (κ3) is 4.10. The maximum Gasteiger partial charge on any atom is 0.195 e. The monoisotopic (exact) mass is 268 g/mol. The van der Waals surface area contributed by atoms with Gasteiger partial charge in [-0.25, -0.2) is 0 Å². The standard InChI is InChI=1S/C9H21BrO2Si/c1-9(2,3)13(5,6)12-8(7-10)11-4/h8H,7H2,1-6H3. The van der Waals surface area contributed by atoms with Crippen LogP contribution in [0.1, 0.15) is 20.8 Å². The van der Waals surface area contributed by atoms with Gasteiger partial charge in [-0.1, -0.05) is 36.7 Å². The maximum atomic E-state index is 5.97. The predicted octanol–water partition coefficient (Wildman–Crippen LogP) is 3.38. The molecule has 13 heavy (non-hydrogen) atoms. The molecule has 1 atom stereocenters. The highest BCUT2D eigenvalue weighted by Crippen LogP contribution is 2.37. The molecule has 0 aromatic rings. The van der Waals surface area contributed by atoms with E-state index in [-0.39, 0.29) is 11.3 Å². The molecule has 0 amide bonds. The second kappa shape index (κ2) is 4.91. The van der Waals surface area contributed by atoms with Crippen molar-refractivity contribution in [2.45, 2.75) is 45.2 Å². The molecule has 0 aliphatic heterocycles. The van der Waals surface area contributed by atoms with E-state index in [2.05, 4.69) is 49.8 Å². The molecule has 0 radical (unpaired) electrons. The molecular formula is C9H21BrO2Si. The lowest BCUT2D eigenvalue weighted by Gasteiger charge is -2.38. The quantitative estimate of drug-likeness (QED) is 0.442. The van der Waals surface area contributed by atoms with Crippen LogP contribution in [0.15, 0.2) is 0 Å². The van der Waals surface area contributed by atoms with Gasteiger partial charge in [-0.3, -0.25) is 0 Å². The van der Waals surface area contributed by atoms with E-state index in [1.165, 1.54) is 0 Å². The van der Waals surface area contributed by atoms with Gasteiger partial charge >= 0.3 is 0 Å². The number of ether oxygens (including phenoxy) is 1. The van der Waals surface area contributed by atoms with Crippen LogP contribution in [0.2, 0.25) is 18.1 Å². The highest BCUT2D eigenvalue weighted by Gasteiger charge is 2.39. The summed E-state index contributed by atoms with van der Waals surface area (Å²) < 4.78 is 11.2. The molecule has 0 aromatic carbocycles. The number of rotatable bonds is 4. The minimum absolute atomic E-state index is 0.110. The first-order valence-electron chi connectivity index (χ1n) is 4.51. The predicted molar refractivity (Wildman–Crippen MR) is 62.9 cm³/mol. The summed E-state index contributed by atoms with van der Waals surface area (Å²) in [4.78, 5) is 0. The fourth-order valence-corrected chi connectivity index (χ4v) is 2.48. The van der Waals surface area contributed by atoms with Gasteiger partial charge in [-0.15, -0.1) is 0 Å². The Balaban J connectivity index is 4.31. The van der Waals surface area contributed by atoms with Crippen LogP contribution in [-0.4, -0.2) is 27.0 Å². The van der Waals surface area contributed by atoms with E-state index in [0.717, 1.165) is 5.33 Å². The molecule has 0 N–H and O–H groups in total. The van der Waals surface area contributed by atoms with E-state index < -0.39 is 8.32 Å². The van der Waals surface area contributed by atoms with Gasteiger partial charge in [0.25, 0.3) is 0 Å². The molecule has 0 aliphatic carbocycles. The second-order valence-corrected chi connectivity index (χ2v) is 10.1. The Kier molecular flexibility index (Phi) is 5.15. The lowest BCUT2D eigenvalue weighted by atomic mass is 10.2. The molecule has 0 rings (SSSR count). The lowest BCUT2D eigenvalue weighted by Crippen LogP contribution is -2.44. The summed E-state index contributed by atoms with van der Waals surface area (Å²) in [5.41, 5.74) is 0. The molecule has 1 unspecified atom stereocenters. The molecule has 0 spiro atoms. The Bertz CT molecular complexity index is 150. The smallest absolute Gasteiger partial charge is 0.195 e. The number of methoxy groups -OCH3 is 1. The van der Waals surface area contributed by atoms with Crippen molar-refractivity contribution >= 4 is 24.2 Å². The van der Waals surface area contributed by atoms with Crippen LogP contribution in [-0.2, 0) is 9.16 Å². The molecule has 0 saturated heterocycles. The van der Waals surface area contributed by atoms with Crippen molar-refractivity contribution in [3.8, 4) is 0 Å². The van der Waals surface area contributed by atoms with Crippen molar-refractivity contribution in [2.75, 3.05) is 12.4 Å². The topological polar surface area (TPSA) is 18.5 Å². The van der Waals surface area contributed by atoms with Gasteiger partial charge in [0.05, 0.1) is 5.33 Å². The van der Waals surface area contributed by atoms with E-state index in [4.69, 9.17) is 9.16 Å². The summed E-state index contributed by atoms with van der Waals surface area (Å²) in [6.45, 7) is 11.1. The minimum Gasteiger partial charge on any atom is -0.392 e. The zero-order valence-corrected chi connectivity index (χ0v) is 12.1. The highest BCUT2D eigenvalue weighted by atomic mass is 79.9. The third-order valence-electron chi connectivity index (χ3n) is 2.62. The van der Waals surface area contributed by atoms with Crippen LogP contribution in [0, 0.1) is 0 Å². The van der Waals surface area contributed by atoms with Gasteiger partial charge in [-0.2, -0.15) is 0 Å². The van der Waals surface area contributed by atoms with E-state index in [1.54, 1.807) is 7.11 Å². The molecule has 0 heterocycles. The Labute approximate surface area is 91.3 Å². The average Bonchev–Trinajstić information content (AvgIpc) is 1.98. The van der Waals surface area contributed by atoms with Gasteiger partial charge in [0.2, 0.25) is 0 Å². The van der Waals surface area contributed by atoms with Gasteiger partial charge < -0.3 is 9.16 Å². The minimum atomic E-state index is -1.66. The molecule has 80 valence electrons. The van der Waals surface area contributed by atoms with E-state index >= 15 is 0 Å². The molecule has 0 fully saturated rings. The maximum absolute atomic E-state index is 5.97. The number of hydrogen-bond donors (Lipinski definition) is 0. The summed E-state index contributed by atoms with van der Waals surface area (Å²) in [7, 11) is 0.0147. The van der Waals surface area contributed by atoms with Gasteiger partial charge in [0, 0.05) is 7.11 Å². The van der Waals surface area contributed by atoms with Gasteiger partial charge in [0.15, 0.2) is 14.6 Å². The lowest BCUT2D eigenvalue weighted by molar-refractivity contribution is -0.0432. The first-order valence-corrected chi connectivity index (χ1v) is 8.54. The summed E-state index contributed by atoms with van der Waals surface area (Å²) in [5.74, 6) is 0. The molecular weight excluding hydrogens is 248 g/mol. The molecule has 0 aliphatic rings. The molecule has 4 heteroatoms. The van der Waals surface area contributed by atoms with E-state index in [0.29, 0.717) is 0 Å². The van der Waals surface area contributed by atoms with Crippen LogP contribution in [0.5, 0.6) is 0 Å². The summed E-state index contributed by atoms with van der Waals surface area (Å²) in [5, 5.41) is 0.974. The first-order chi connectivity index (χ1) is 5.74. The number of hydrogen-bond acceptors (Lipinski definition) is 2. The van der Waals surface area contributed by atoms with Crippen molar-refractivity contribution in [3.63, 3.8) is 0 Å². The van der Waals surface area contributed by atoms with Crippen molar-refractivity contribution < 1.29 is 9.16 Å². The SMILES string of the molecule is COC(CBr)O[Si](C)(C)C(C)(C)C. The number of alkyl halides is 1. The van der Waals surface area contributed by atoms with Crippen molar-refractivity contribution in [1.82, 2.24) is 0 Å². The van der Waals surface area contributed by atoms with Crippen molar-refractivity contribution in [2.24, 2.45) is 0 Å². The normalized spacial score (nSPS) is 15.9. The average molecular weight is 269 g/mol. The summed E-state index contributed by atoms with van der Waals surface area (Å²) >= 11 is 3.37. The summed E-state index contributed by atoms with van der Waals surface area (Å²) in [6, 6.07) is 0. The third-order valence-corrected chi connectivity index (χ3v) is 7.61. The van der Waals surface area contributed by atoms with Crippen LogP contribution in [0.4, 0.5) is 0 Å². The Morgan fingerprint density at radius 3 is 2.00 bits per heavy atom.